The molecule has 0 aliphatic carbocycles. The van der Waals surface area contributed by atoms with Crippen molar-refractivity contribution >= 4 is 11.0 Å². The summed E-state index contributed by atoms with van der Waals surface area (Å²) in [4.78, 5) is 11.7. The molecular formula is C13H13FO2. The van der Waals surface area contributed by atoms with Crippen LogP contribution in [0.25, 0.3) is 11.0 Å². The van der Waals surface area contributed by atoms with E-state index >= 15 is 0 Å². The summed E-state index contributed by atoms with van der Waals surface area (Å²) in [6.07, 6.45) is 0. The number of hydrogen-bond donors (Lipinski definition) is 0. The third-order valence-electron chi connectivity index (χ3n) is 2.50. The average molecular weight is 220 g/mol. The summed E-state index contributed by atoms with van der Waals surface area (Å²) < 4.78 is 18.2. The zero-order chi connectivity index (χ0) is 11.9. The first-order valence-electron chi connectivity index (χ1n) is 5.12. The topological polar surface area (TPSA) is 30.2 Å². The molecule has 3 heteroatoms. The van der Waals surface area contributed by atoms with E-state index in [-0.39, 0.29) is 16.9 Å². The van der Waals surface area contributed by atoms with Gasteiger partial charge in [0.05, 0.1) is 0 Å². The number of fused-ring (bicyclic) bond motifs is 1. The van der Waals surface area contributed by atoms with Crippen LogP contribution in [0.15, 0.2) is 33.5 Å². The molecule has 0 fully saturated rings. The maximum atomic E-state index is 13.0. The van der Waals surface area contributed by atoms with Crippen molar-refractivity contribution in [1.29, 1.82) is 0 Å². The van der Waals surface area contributed by atoms with Crippen LogP contribution in [-0.2, 0) is 5.41 Å². The van der Waals surface area contributed by atoms with Crippen LogP contribution in [-0.4, -0.2) is 0 Å². The molecule has 0 aliphatic rings. The Hall–Kier alpha value is -1.64. The highest BCUT2D eigenvalue weighted by Gasteiger charge is 2.19. The lowest BCUT2D eigenvalue weighted by Crippen LogP contribution is -2.21. The first-order valence-corrected chi connectivity index (χ1v) is 5.12. The number of halogens is 1. The molecule has 0 N–H and O–H groups in total. The van der Waals surface area contributed by atoms with Gasteiger partial charge in [0.2, 0.25) is 0 Å². The SMILES string of the molecule is CC(C)(C)c1cc2cc(F)ccc2oc1=O. The Morgan fingerprint density at radius 1 is 1.19 bits per heavy atom. The van der Waals surface area contributed by atoms with Crippen molar-refractivity contribution in [3.8, 4) is 0 Å². The fraction of sp³-hybridized carbons (Fsp3) is 0.308. The van der Waals surface area contributed by atoms with Crippen molar-refractivity contribution in [2.24, 2.45) is 0 Å². The van der Waals surface area contributed by atoms with E-state index in [9.17, 15) is 9.18 Å². The van der Waals surface area contributed by atoms with Crippen LogP contribution >= 0.6 is 0 Å². The fourth-order valence-electron chi connectivity index (χ4n) is 1.62. The van der Waals surface area contributed by atoms with Gasteiger partial charge in [-0.25, -0.2) is 9.18 Å². The number of benzene rings is 1. The van der Waals surface area contributed by atoms with E-state index in [0.29, 0.717) is 16.5 Å². The molecule has 1 aromatic carbocycles. The van der Waals surface area contributed by atoms with E-state index < -0.39 is 0 Å². The Balaban J connectivity index is 2.79. The Bertz CT molecular complexity index is 591. The molecule has 84 valence electrons. The second kappa shape index (κ2) is 3.44. The van der Waals surface area contributed by atoms with Gasteiger partial charge in [-0.15, -0.1) is 0 Å². The summed E-state index contributed by atoms with van der Waals surface area (Å²) in [7, 11) is 0. The van der Waals surface area contributed by atoms with E-state index in [1.54, 1.807) is 6.07 Å². The minimum atomic E-state index is -0.355. The summed E-state index contributed by atoms with van der Waals surface area (Å²) in [6, 6.07) is 5.82. The Kier molecular flexibility index (Phi) is 2.34. The summed E-state index contributed by atoms with van der Waals surface area (Å²) in [5.41, 5.74) is 0.317. The van der Waals surface area contributed by atoms with Crippen LogP contribution in [0.3, 0.4) is 0 Å². The first kappa shape index (κ1) is 10.9. The molecule has 2 rings (SSSR count). The van der Waals surface area contributed by atoms with Crippen molar-refractivity contribution in [3.63, 3.8) is 0 Å². The summed E-state index contributed by atoms with van der Waals surface area (Å²) in [5, 5.41) is 0.615. The highest BCUT2D eigenvalue weighted by Crippen LogP contribution is 2.23. The zero-order valence-electron chi connectivity index (χ0n) is 9.50. The molecule has 1 aromatic heterocycles. The predicted octanol–water partition coefficient (Wildman–Crippen LogP) is 3.23. The van der Waals surface area contributed by atoms with Gasteiger partial charge in [-0.1, -0.05) is 20.8 Å². The Labute approximate surface area is 92.7 Å². The van der Waals surface area contributed by atoms with Crippen molar-refractivity contribution in [2.75, 3.05) is 0 Å². The minimum absolute atomic E-state index is 0.304. The molecule has 0 saturated carbocycles. The van der Waals surface area contributed by atoms with Crippen molar-refractivity contribution in [1.82, 2.24) is 0 Å². The van der Waals surface area contributed by atoms with Crippen LogP contribution in [0.4, 0.5) is 4.39 Å². The lowest BCUT2D eigenvalue weighted by molar-refractivity contribution is 0.501. The van der Waals surface area contributed by atoms with Gasteiger partial charge in [0.15, 0.2) is 0 Å². The fourth-order valence-corrected chi connectivity index (χ4v) is 1.62. The van der Waals surface area contributed by atoms with Crippen molar-refractivity contribution in [3.05, 3.63) is 46.1 Å². The summed E-state index contributed by atoms with van der Waals surface area (Å²) in [5.74, 6) is -0.332. The zero-order valence-corrected chi connectivity index (χ0v) is 9.50. The van der Waals surface area contributed by atoms with E-state index in [4.69, 9.17) is 4.42 Å². The molecule has 0 saturated heterocycles. The largest absolute Gasteiger partial charge is 0.423 e. The molecule has 0 radical (unpaired) electrons. The highest BCUT2D eigenvalue weighted by molar-refractivity contribution is 5.77. The molecule has 16 heavy (non-hydrogen) atoms. The lowest BCUT2D eigenvalue weighted by Gasteiger charge is -2.17. The van der Waals surface area contributed by atoms with Gasteiger partial charge in [-0.3, -0.25) is 0 Å². The van der Waals surface area contributed by atoms with Gasteiger partial charge in [0.25, 0.3) is 0 Å². The standard InChI is InChI=1S/C13H13FO2/c1-13(2,3)10-7-8-6-9(14)4-5-11(8)16-12(10)15/h4-7H,1-3H3. The van der Waals surface area contributed by atoms with Gasteiger partial charge in [-0.2, -0.15) is 0 Å². The second-order valence-electron chi connectivity index (χ2n) is 4.88. The van der Waals surface area contributed by atoms with E-state index in [1.165, 1.54) is 18.2 Å². The number of hydrogen-bond acceptors (Lipinski definition) is 2. The Morgan fingerprint density at radius 3 is 2.50 bits per heavy atom. The lowest BCUT2D eigenvalue weighted by atomic mass is 9.88. The van der Waals surface area contributed by atoms with Gasteiger partial charge in [-0.05, 0) is 29.7 Å². The van der Waals surface area contributed by atoms with Gasteiger partial charge in [0.1, 0.15) is 11.4 Å². The van der Waals surface area contributed by atoms with E-state index in [2.05, 4.69) is 0 Å². The quantitative estimate of drug-likeness (QED) is 0.638. The predicted molar refractivity (Wildman–Crippen MR) is 61.1 cm³/mol. The van der Waals surface area contributed by atoms with Crippen molar-refractivity contribution in [2.45, 2.75) is 26.2 Å². The summed E-state index contributed by atoms with van der Waals surface area (Å²) >= 11 is 0. The smallest absolute Gasteiger partial charge is 0.339 e. The van der Waals surface area contributed by atoms with Gasteiger partial charge >= 0.3 is 5.63 Å². The average Bonchev–Trinajstić information content (AvgIpc) is 2.16. The van der Waals surface area contributed by atoms with Crippen LogP contribution < -0.4 is 5.63 Å². The molecule has 0 unspecified atom stereocenters. The maximum absolute atomic E-state index is 13.0. The van der Waals surface area contributed by atoms with E-state index in [0.717, 1.165) is 0 Å². The van der Waals surface area contributed by atoms with Crippen LogP contribution in [0.2, 0.25) is 0 Å². The molecule has 2 nitrogen and oxygen atoms in total. The molecule has 2 aromatic rings. The Morgan fingerprint density at radius 2 is 1.88 bits per heavy atom. The highest BCUT2D eigenvalue weighted by atomic mass is 19.1. The molecular weight excluding hydrogens is 207 g/mol. The first-order chi connectivity index (χ1) is 7.38. The second-order valence-corrected chi connectivity index (χ2v) is 4.88. The van der Waals surface area contributed by atoms with Crippen LogP contribution in [0.5, 0.6) is 0 Å². The van der Waals surface area contributed by atoms with Gasteiger partial charge in [0, 0.05) is 10.9 Å². The molecule has 0 spiro atoms. The minimum Gasteiger partial charge on any atom is -0.423 e. The third-order valence-corrected chi connectivity index (χ3v) is 2.50. The van der Waals surface area contributed by atoms with Crippen LogP contribution in [0.1, 0.15) is 26.3 Å². The normalized spacial score (nSPS) is 12.0. The molecule has 0 aliphatic heterocycles. The molecule has 1 heterocycles. The molecule has 0 atom stereocenters. The molecule has 0 amide bonds. The van der Waals surface area contributed by atoms with E-state index in [1.807, 2.05) is 20.8 Å². The van der Waals surface area contributed by atoms with Gasteiger partial charge < -0.3 is 4.42 Å². The van der Waals surface area contributed by atoms with Crippen LogP contribution in [0, 0.1) is 5.82 Å². The van der Waals surface area contributed by atoms with Crippen molar-refractivity contribution < 1.29 is 8.81 Å². The third kappa shape index (κ3) is 1.85. The summed E-state index contributed by atoms with van der Waals surface area (Å²) in [6.45, 7) is 5.76. The maximum Gasteiger partial charge on any atom is 0.339 e. The molecule has 0 bridgehead atoms. The number of rotatable bonds is 0. The monoisotopic (exact) mass is 220 g/mol.